The molecule has 0 saturated carbocycles. The molecule has 0 amide bonds. The van der Waals surface area contributed by atoms with E-state index in [9.17, 15) is 0 Å². The molecule has 0 spiro atoms. The summed E-state index contributed by atoms with van der Waals surface area (Å²) in [4.78, 5) is 13.4. The Bertz CT molecular complexity index is 455. The van der Waals surface area contributed by atoms with Gasteiger partial charge in [0, 0.05) is 32.3 Å². The van der Waals surface area contributed by atoms with Gasteiger partial charge in [-0.05, 0) is 33.4 Å². The molecule has 2 heterocycles. The molecule has 0 aromatic carbocycles. The van der Waals surface area contributed by atoms with Crippen LogP contribution in [0, 0.1) is 0 Å². The van der Waals surface area contributed by atoms with Crippen molar-refractivity contribution in [3.63, 3.8) is 0 Å². The molecule has 0 radical (unpaired) electrons. The van der Waals surface area contributed by atoms with E-state index in [-0.39, 0.29) is 0 Å². The molecule has 1 aromatic heterocycles. The van der Waals surface area contributed by atoms with Gasteiger partial charge in [0.05, 0.1) is 0 Å². The third-order valence-electron chi connectivity index (χ3n) is 3.89. The van der Waals surface area contributed by atoms with Crippen LogP contribution in [0.1, 0.15) is 25.6 Å². The number of nitrogen functional groups attached to an aromatic ring is 1. The second-order valence-corrected chi connectivity index (χ2v) is 5.47. The van der Waals surface area contributed by atoms with Crippen LogP contribution in [-0.4, -0.2) is 54.7 Å². The van der Waals surface area contributed by atoms with E-state index in [0.29, 0.717) is 30.9 Å². The second-order valence-electron chi connectivity index (χ2n) is 5.47. The summed E-state index contributed by atoms with van der Waals surface area (Å²) in [7, 11) is 4.23. The molecule has 1 aromatic rings. The first-order chi connectivity index (χ1) is 10.1. The van der Waals surface area contributed by atoms with E-state index in [4.69, 9.17) is 10.6 Å². The predicted octanol–water partition coefficient (Wildman–Crippen LogP) is 0.829. The minimum atomic E-state index is 0.399. The number of anilines is 2. The van der Waals surface area contributed by atoms with Crippen LogP contribution in [0.3, 0.4) is 0 Å². The lowest BCUT2D eigenvalue weighted by atomic mass is 10.2. The van der Waals surface area contributed by atoms with Gasteiger partial charge in [-0.3, -0.25) is 0 Å². The fourth-order valence-electron chi connectivity index (χ4n) is 2.63. The summed E-state index contributed by atoms with van der Waals surface area (Å²) in [5.41, 5.74) is 2.60. The summed E-state index contributed by atoms with van der Waals surface area (Å²) >= 11 is 0. The number of hydrogen-bond acceptors (Lipinski definition) is 7. The molecule has 0 bridgehead atoms. The Labute approximate surface area is 126 Å². The lowest BCUT2D eigenvalue weighted by molar-refractivity contribution is 0.128. The number of aromatic nitrogens is 2. The zero-order chi connectivity index (χ0) is 15.2. The van der Waals surface area contributed by atoms with Gasteiger partial charge in [-0.15, -0.1) is 0 Å². The maximum atomic E-state index is 5.49. The van der Waals surface area contributed by atoms with Crippen LogP contribution in [0.4, 0.5) is 11.6 Å². The first-order valence-corrected chi connectivity index (χ1v) is 7.47. The molecule has 0 aliphatic carbocycles. The van der Waals surface area contributed by atoms with Crippen LogP contribution in [0.25, 0.3) is 0 Å². The van der Waals surface area contributed by atoms with Crippen molar-refractivity contribution in [1.29, 1.82) is 0 Å². The number of hydrogen-bond donors (Lipinski definition) is 2. The summed E-state index contributed by atoms with van der Waals surface area (Å²) in [6.07, 6.45) is 2.50. The molecule has 21 heavy (non-hydrogen) atoms. The summed E-state index contributed by atoms with van der Waals surface area (Å²) in [5, 5.41) is 0. The van der Waals surface area contributed by atoms with E-state index >= 15 is 0 Å². The number of nitrogens with zero attached hydrogens (tertiary/aromatic N) is 4. The van der Waals surface area contributed by atoms with E-state index in [1.165, 1.54) is 19.4 Å². The number of nitrogens with two attached hydrogens (primary N) is 1. The van der Waals surface area contributed by atoms with Gasteiger partial charge in [-0.1, -0.05) is 0 Å². The molecule has 1 unspecified atom stereocenters. The van der Waals surface area contributed by atoms with E-state index in [1.54, 1.807) is 0 Å². The maximum absolute atomic E-state index is 5.49. The summed E-state index contributed by atoms with van der Waals surface area (Å²) < 4.78 is 5.38. The lowest BCUT2D eigenvalue weighted by Gasteiger charge is -2.27. The first kappa shape index (κ1) is 15.9. The van der Waals surface area contributed by atoms with Gasteiger partial charge in [0.15, 0.2) is 5.82 Å². The van der Waals surface area contributed by atoms with Crippen LogP contribution >= 0.6 is 0 Å². The fourth-order valence-corrected chi connectivity index (χ4v) is 2.63. The SMILES string of the molecule is CCOCc1nc(NN)cc(N(C)CC2CCCN2C)n1. The van der Waals surface area contributed by atoms with Crippen molar-refractivity contribution in [2.24, 2.45) is 5.84 Å². The molecular formula is C14H26N6O. The number of ether oxygens (including phenoxy) is 1. The van der Waals surface area contributed by atoms with Gasteiger partial charge in [-0.25, -0.2) is 15.8 Å². The van der Waals surface area contributed by atoms with Crippen molar-refractivity contribution in [3.8, 4) is 0 Å². The smallest absolute Gasteiger partial charge is 0.158 e. The largest absolute Gasteiger partial charge is 0.374 e. The molecule has 3 N–H and O–H groups in total. The normalized spacial score (nSPS) is 19.0. The molecule has 7 nitrogen and oxygen atoms in total. The lowest BCUT2D eigenvalue weighted by Crippen LogP contribution is -2.37. The standard InChI is InChI=1S/C14H26N6O/c1-4-21-10-13-16-12(18-15)8-14(17-13)20(3)9-11-6-5-7-19(11)2/h8,11H,4-7,9-10,15H2,1-3H3,(H,16,17,18). The van der Waals surface area contributed by atoms with E-state index in [1.807, 2.05) is 13.0 Å². The van der Waals surface area contributed by atoms with Crippen LogP contribution in [0.15, 0.2) is 6.07 Å². The molecule has 118 valence electrons. The highest BCUT2D eigenvalue weighted by atomic mass is 16.5. The average Bonchev–Trinajstić information content (AvgIpc) is 2.90. The number of rotatable bonds is 7. The molecule has 1 saturated heterocycles. The van der Waals surface area contributed by atoms with Crippen molar-refractivity contribution in [1.82, 2.24) is 14.9 Å². The van der Waals surface area contributed by atoms with E-state index in [0.717, 1.165) is 12.4 Å². The second kappa shape index (κ2) is 7.53. The molecular weight excluding hydrogens is 268 g/mol. The van der Waals surface area contributed by atoms with Crippen molar-refractivity contribution < 1.29 is 4.74 Å². The molecule has 2 rings (SSSR count). The Kier molecular flexibility index (Phi) is 5.72. The monoisotopic (exact) mass is 294 g/mol. The van der Waals surface area contributed by atoms with Crippen LogP contribution in [0.2, 0.25) is 0 Å². The Morgan fingerprint density at radius 1 is 1.52 bits per heavy atom. The molecule has 1 fully saturated rings. The third-order valence-corrected chi connectivity index (χ3v) is 3.89. The third kappa shape index (κ3) is 4.26. The highest BCUT2D eigenvalue weighted by Crippen LogP contribution is 2.20. The molecule has 1 aliphatic rings. The van der Waals surface area contributed by atoms with Gasteiger partial charge in [0.25, 0.3) is 0 Å². The van der Waals surface area contributed by atoms with Crippen LogP contribution < -0.4 is 16.2 Å². The number of likely N-dealkylation sites (N-methyl/N-ethyl adjacent to an activating group) is 2. The fraction of sp³-hybridized carbons (Fsp3) is 0.714. The Hall–Kier alpha value is -1.44. The van der Waals surface area contributed by atoms with Crippen LogP contribution in [-0.2, 0) is 11.3 Å². The zero-order valence-electron chi connectivity index (χ0n) is 13.2. The topological polar surface area (TPSA) is 79.5 Å². The molecule has 1 atom stereocenters. The van der Waals surface area contributed by atoms with E-state index < -0.39 is 0 Å². The Balaban J connectivity index is 2.09. The molecule has 7 heteroatoms. The summed E-state index contributed by atoms with van der Waals surface area (Å²) in [6.45, 7) is 5.12. The van der Waals surface area contributed by atoms with Crippen molar-refractivity contribution in [3.05, 3.63) is 11.9 Å². The van der Waals surface area contributed by atoms with E-state index in [2.05, 4.69) is 39.3 Å². The number of likely N-dealkylation sites (tertiary alicyclic amines) is 1. The minimum Gasteiger partial charge on any atom is -0.374 e. The Morgan fingerprint density at radius 3 is 2.95 bits per heavy atom. The van der Waals surface area contributed by atoms with Gasteiger partial charge >= 0.3 is 0 Å². The highest BCUT2D eigenvalue weighted by Gasteiger charge is 2.22. The van der Waals surface area contributed by atoms with Crippen LogP contribution in [0.5, 0.6) is 0 Å². The number of nitrogens with one attached hydrogen (secondary N) is 1. The average molecular weight is 294 g/mol. The summed E-state index contributed by atoms with van der Waals surface area (Å²) in [6, 6.07) is 2.44. The minimum absolute atomic E-state index is 0.399. The van der Waals surface area contributed by atoms with Crippen molar-refractivity contribution >= 4 is 11.6 Å². The van der Waals surface area contributed by atoms with Gasteiger partial charge in [0.1, 0.15) is 18.2 Å². The van der Waals surface area contributed by atoms with Gasteiger partial charge in [0.2, 0.25) is 0 Å². The number of hydrazine groups is 1. The molecule has 1 aliphatic heterocycles. The van der Waals surface area contributed by atoms with Crippen molar-refractivity contribution in [2.75, 3.05) is 44.1 Å². The maximum Gasteiger partial charge on any atom is 0.158 e. The Morgan fingerprint density at radius 2 is 2.33 bits per heavy atom. The zero-order valence-corrected chi connectivity index (χ0v) is 13.2. The van der Waals surface area contributed by atoms with Gasteiger partial charge in [-0.2, -0.15) is 0 Å². The first-order valence-electron chi connectivity index (χ1n) is 7.47. The quantitative estimate of drug-likeness (QED) is 0.569. The van der Waals surface area contributed by atoms with Crippen molar-refractivity contribution in [2.45, 2.75) is 32.4 Å². The summed E-state index contributed by atoms with van der Waals surface area (Å²) in [5.74, 6) is 7.62. The predicted molar refractivity (Wildman–Crippen MR) is 84.1 cm³/mol. The van der Waals surface area contributed by atoms with Gasteiger partial charge < -0.3 is 20.0 Å². The highest BCUT2D eigenvalue weighted by molar-refractivity contribution is 5.48.